The summed E-state index contributed by atoms with van der Waals surface area (Å²) in [6, 6.07) is 0. The van der Waals surface area contributed by atoms with E-state index in [4.69, 9.17) is 5.73 Å². The van der Waals surface area contributed by atoms with E-state index in [2.05, 4.69) is 11.3 Å². The number of esters is 1. The molecule has 2 aliphatic carbocycles. The quantitative estimate of drug-likeness (QED) is 0.576. The number of rotatable bonds is 1. The van der Waals surface area contributed by atoms with Crippen LogP contribution >= 0.6 is 0 Å². The molecular weight excluding hydrogens is 154 g/mol. The van der Waals surface area contributed by atoms with Crippen molar-refractivity contribution in [1.29, 1.82) is 0 Å². The molecule has 0 aliphatic heterocycles. The number of carbonyl (C=O) groups is 1. The molecule has 0 spiro atoms. The third-order valence-corrected chi connectivity index (χ3v) is 2.47. The molecule has 2 N–H and O–H groups in total. The zero-order valence-electron chi connectivity index (χ0n) is 7.02. The Balaban J connectivity index is 2.32. The zero-order chi connectivity index (χ0) is 8.93. The van der Waals surface area contributed by atoms with E-state index in [1.807, 2.05) is 0 Å². The third-order valence-electron chi connectivity index (χ3n) is 2.47. The summed E-state index contributed by atoms with van der Waals surface area (Å²) in [5.41, 5.74) is 7.79. The van der Waals surface area contributed by atoms with Crippen molar-refractivity contribution in [2.24, 2.45) is 5.73 Å². The molecular formula is C9H11NO2. The monoisotopic (exact) mass is 165 g/mol. The number of carbonyl (C=O) groups excluding carboxylic acids is 1. The highest BCUT2D eigenvalue weighted by Crippen LogP contribution is 2.54. The smallest absolute Gasteiger partial charge is 0.335 e. The maximum absolute atomic E-state index is 11.2. The Hall–Kier alpha value is -1.09. The van der Waals surface area contributed by atoms with Gasteiger partial charge in [-0.1, -0.05) is 12.2 Å². The van der Waals surface area contributed by atoms with E-state index >= 15 is 0 Å². The van der Waals surface area contributed by atoms with Crippen molar-refractivity contribution in [2.75, 3.05) is 7.11 Å². The van der Waals surface area contributed by atoms with Gasteiger partial charge in [-0.2, -0.15) is 0 Å². The lowest BCUT2D eigenvalue weighted by molar-refractivity contribution is -0.142. The zero-order valence-corrected chi connectivity index (χ0v) is 7.02. The summed E-state index contributed by atoms with van der Waals surface area (Å²) in [7, 11) is 1.34. The minimum Gasteiger partial charge on any atom is -0.467 e. The van der Waals surface area contributed by atoms with Gasteiger partial charge in [0, 0.05) is 0 Å². The molecule has 2 aliphatic rings. The average Bonchev–Trinajstić information content (AvgIpc) is 2.91. The van der Waals surface area contributed by atoms with Gasteiger partial charge in [0.2, 0.25) is 0 Å². The summed E-state index contributed by atoms with van der Waals surface area (Å²) >= 11 is 0. The summed E-state index contributed by atoms with van der Waals surface area (Å²) in [6.07, 6.45) is 2.12. The molecule has 0 amide bonds. The molecule has 0 aromatic carbocycles. The third kappa shape index (κ3) is 0.716. The standard InChI is InChI=1S/C9H11NO2/c1-5-7(6-3-4-6)9(5,10)8(11)12-2/h1,3-4,10H2,2H3. The van der Waals surface area contributed by atoms with E-state index in [1.54, 1.807) is 0 Å². The van der Waals surface area contributed by atoms with E-state index in [9.17, 15) is 4.79 Å². The van der Waals surface area contributed by atoms with Gasteiger partial charge >= 0.3 is 5.97 Å². The van der Waals surface area contributed by atoms with Gasteiger partial charge in [0.15, 0.2) is 5.54 Å². The average molecular weight is 165 g/mol. The number of hydrogen-bond acceptors (Lipinski definition) is 3. The van der Waals surface area contributed by atoms with Crippen LogP contribution in [0.1, 0.15) is 12.8 Å². The second-order valence-corrected chi connectivity index (χ2v) is 3.26. The Labute approximate surface area is 70.9 Å². The maximum atomic E-state index is 11.2. The van der Waals surface area contributed by atoms with Gasteiger partial charge < -0.3 is 10.5 Å². The highest BCUT2D eigenvalue weighted by atomic mass is 16.5. The van der Waals surface area contributed by atoms with Crippen LogP contribution < -0.4 is 5.73 Å². The van der Waals surface area contributed by atoms with Crippen molar-refractivity contribution < 1.29 is 9.53 Å². The summed E-state index contributed by atoms with van der Waals surface area (Å²) in [5, 5.41) is 0. The first-order valence-electron chi connectivity index (χ1n) is 3.92. The fourth-order valence-electron chi connectivity index (χ4n) is 1.54. The molecule has 0 aromatic rings. The predicted molar refractivity (Wildman–Crippen MR) is 44.3 cm³/mol. The fourth-order valence-corrected chi connectivity index (χ4v) is 1.54. The molecule has 12 heavy (non-hydrogen) atoms. The summed E-state index contributed by atoms with van der Waals surface area (Å²) in [4.78, 5) is 11.2. The molecule has 3 heteroatoms. The van der Waals surface area contributed by atoms with Crippen LogP contribution in [0.3, 0.4) is 0 Å². The molecule has 0 heterocycles. The summed E-state index contributed by atoms with van der Waals surface area (Å²) in [6.45, 7) is 3.75. The normalized spacial score (nSPS) is 32.0. The first-order chi connectivity index (χ1) is 5.62. The van der Waals surface area contributed by atoms with Gasteiger partial charge in [-0.25, -0.2) is 4.79 Å². The minimum absolute atomic E-state index is 0.387. The van der Waals surface area contributed by atoms with E-state index in [-0.39, 0.29) is 5.97 Å². The number of nitrogens with two attached hydrogens (primary N) is 1. The predicted octanol–water partition coefficient (Wildman–Crippen LogP) is 0.517. The highest BCUT2D eigenvalue weighted by Gasteiger charge is 2.60. The number of allylic oxidation sites excluding steroid dienone is 1. The highest BCUT2D eigenvalue weighted by molar-refractivity contribution is 6.02. The Bertz CT molecular complexity index is 310. The minimum atomic E-state index is -0.958. The van der Waals surface area contributed by atoms with Crippen LogP contribution in [0.15, 0.2) is 23.3 Å². The van der Waals surface area contributed by atoms with Crippen LogP contribution in [0.2, 0.25) is 0 Å². The van der Waals surface area contributed by atoms with Crippen LogP contribution in [-0.2, 0) is 9.53 Å². The maximum Gasteiger partial charge on any atom is 0.335 e. The molecule has 2 fully saturated rings. The fraction of sp³-hybridized carbons (Fsp3) is 0.444. The van der Waals surface area contributed by atoms with Crippen molar-refractivity contribution in [3.8, 4) is 0 Å². The second-order valence-electron chi connectivity index (χ2n) is 3.26. The van der Waals surface area contributed by atoms with Gasteiger partial charge in [-0.3, -0.25) is 0 Å². The molecule has 64 valence electrons. The van der Waals surface area contributed by atoms with Gasteiger partial charge in [0.25, 0.3) is 0 Å². The molecule has 0 aromatic heterocycles. The van der Waals surface area contributed by atoms with Crippen LogP contribution in [0.4, 0.5) is 0 Å². The van der Waals surface area contributed by atoms with Crippen LogP contribution in [0, 0.1) is 0 Å². The molecule has 0 radical (unpaired) electrons. The van der Waals surface area contributed by atoms with E-state index in [0.29, 0.717) is 0 Å². The lowest BCUT2D eigenvalue weighted by atomic mass is 10.2. The molecule has 0 saturated heterocycles. The molecule has 2 saturated carbocycles. The molecule has 0 bridgehead atoms. The Morgan fingerprint density at radius 1 is 1.67 bits per heavy atom. The SMILES string of the molecule is C=C1C(=C2CC2)C1(N)C(=O)OC. The molecule has 2 rings (SSSR count). The van der Waals surface area contributed by atoms with Crippen molar-refractivity contribution >= 4 is 5.97 Å². The van der Waals surface area contributed by atoms with Crippen molar-refractivity contribution in [2.45, 2.75) is 18.4 Å². The van der Waals surface area contributed by atoms with Gasteiger partial charge in [-0.05, 0) is 24.0 Å². The number of hydrogen-bond donors (Lipinski definition) is 1. The second kappa shape index (κ2) is 1.98. The Kier molecular flexibility index (Phi) is 1.25. The lowest BCUT2D eigenvalue weighted by Crippen LogP contribution is -2.35. The Morgan fingerprint density at radius 3 is 2.67 bits per heavy atom. The molecule has 3 nitrogen and oxygen atoms in total. The van der Waals surface area contributed by atoms with Gasteiger partial charge in [-0.15, -0.1) is 0 Å². The van der Waals surface area contributed by atoms with E-state index in [1.165, 1.54) is 12.7 Å². The summed E-state index contributed by atoms with van der Waals surface area (Å²) in [5.74, 6) is -0.387. The van der Waals surface area contributed by atoms with Crippen molar-refractivity contribution in [1.82, 2.24) is 0 Å². The van der Waals surface area contributed by atoms with Crippen molar-refractivity contribution in [3.63, 3.8) is 0 Å². The lowest BCUT2D eigenvalue weighted by Gasteiger charge is -2.02. The topological polar surface area (TPSA) is 52.3 Å². The summed E-state index contributed by atoms with van der Waals surface area (Å²) < 4.78 is 4.60. The van der Waals surface area contributed by atoms with Crippen LogP contribution in [0.5, 0.6) is 0 Å². The van der Waals surface area contributed by atoms with Crippen LogP contribution in [-0.4, -0.2) is 18.6 Å². The largest absolute Gasteiger partial charge is 0.467 e. The van der Waals surface area contributed by atoms with E-state index < -0.39 is 5.54 Å². The molecule has 1 atom stereocenters. The first kappa shape index (κ1) is 7.55. The van der Waals surface area contributed by atoms with E-state index in [0.717, 1.165) is 24.0 Å². The van der Waals surface area contributed by atoms with Crippen molar-refractivity contribution in [3.05, 3.63) is 23.3 Å². The molecule has 1 unspecified atom stereocenters. The van der Waals surface area contributed by atoms with Gasteiger partial charge in [0.1, 0.15) is 0 Å². The van der Waals surface area contributed by atoms with Crippen LogP contribution in [0.25, 0.3) is 0 Å². The number of methoxy groups -OCH3 is 1. The Morgan fingerprint density at radius 2 is 2.25 bits per heavy atom. The van der Waals surface area contributed by atoms with Gasteiger partial charge in [0.05, 0.1) is 7.11 Å². The first-order valence-corrected chi connectivity index (χ1v) is 3.92. The number of ether oxygens (including phenoxy) is 1.